The highest BCUT2D eigenvalue weighted by atomic mass is 32.2. The number of ether oxygens (including phenoxy) is 1. The predicted molar refractivity (Wildman–Crippen MR) is 141 cm³/mol. The molecule has 0 saturated carbocycles. The fraction of sp³-hybridized carbons (Fsp3) is 0.240. The molecule has 0 saturated heterocycles. The van der Waals surface area contributed by atoms with E-state index < -0.39 is 10.0 Å². The Morgan fingerprint density at radius 1 is 0.941 bits per heavy atom. The molecule has 9 heteroatoms. The standard InChI is InChI=1S/C25H28N2O4S3/c1-3-31-24-12-8-7-11-23(24)27(34(29,30)22-15-13-20(32-2)14-16-22)19-25(28)26-17-18-33-21-9-5-4-6-10-21/h4-16H,3,17-19H2,1-2H3,(H,26,28). The molecule has 34 heavy (non-hydrogen) atoms. The van der Waals surface area contributed by atoms with E-state index in [4.69, 9.17) is 4.74 Å². The minimum Gasteiger partial charge on any atom is -0.492 e. The van der Waals surface area contributed by atoms with E-state index in [0.717, 1.165) is 14.1 Å². The molecule has 0 unspecified atom stereocenters. The third-order valence-electron chi connectivity index (χ3n) is 4.80. The predicted octanol–water partition coefficient (Wildman–Crippen LogP) is 4.91. The molecule has 3 aromatic carbocycles. The second-order valence-corrected chi connectivity index (χ2v) is 11.0. The van der Waals surface area contributed by atoms with Gasteiger partial charge in [0, 0.05) is 22.1 Å². The van der Waals surface area contributed by atoms with Gasteiger partial charge in [-0.05, 0) is 61.7 Å². The van der Waals surface area contributed by atoms with E-state index in [2.05, 4.69) is 5.32 Å². The zero-order valence-electron chi connectivity index (χ0n) is 19.1. The molecule has 0 aliphatic rings. The van der Waals surface area contributed by atoms with Crippen LogP contribution >= 0.6 is 23.5 Å². The van der Waals surface area contributed by atoms with Gasteiger partial charge in [-0.15, -0.1) is 23.5 Å². The summed E-state index contributed by atoms with van der Waals surface area (Å²) in [5, 5.41) is 2.84. The van der Waals surface area contributed by atoms with Crippen molar-refractivity contribution in [3.05, 3.63) is 78.9 Å². The highest BCUT2D eigenvalue weighted by molar-refractivity contribution is 7.99. The summed E-state index contributed by atoms with van der Waals surface area (Å²) >= 11 is 3.15. The number of hydrogen-bond donors (Lipinski definition) is 1. The van der Waals surface area contributed by atoms with Gasteiger partial charge in [0.15, 0.2) is 0 Å². The molecule has 0 heterocycles. The van der Waals surface area contributed by atoms with Crippen molar-refractivity contribution in [2.45, 2.75) is 21.6 Å². The van der Waals surface area contributed by atoms with Gasteiger partial charge in [0.25, 0.3) is 10.0 Å². The summed E-state index contributed by atoms with van der Waals surface area (Å²) in [7, 11) is -4.01. The number of anilines is 1. The van der Waals surface area contributed by atoms with Gasteiger partial charge in [-0.25, -0.2) is 8.42 Å². The van der Waals surface area contributed by atoms with Crippen molar-refractivity contribution in [1.29, 1.82) is 0 Å². The lowest BCUT2D eigenvalue weighted by atomic mass is 10.3. The summed E-state index contributed by atoms with van der Waals surface area (Å²) in [6.07, 6.45) is 1.93. The van der Waals surface area contributed by atoms with Gasteiger partial charge in [0.05, 0.1) is 17.2 Å². The van der Waals surface area contributed by atoms with Crippen LogP contribution in [0.4, 0.5) is 5.69 Å². The number of amides is 1. The monoisotopic (exact) mass is 516 g/mol. The molecule has 0 aromatic heterocycles. The molecule has 0 fully saturated rings. The molecular weight excluding hydrogens is 488 g/mol. The first-order chi connectivity index (χ1) is 16.5. The van der Waals surface area contributed by atoms with Crippen LogP contribution in [0.3, 0.4) is 0 Å². The fourth-order valence-corrected chi connectivity index (χ4v) is 5.81. The topological polar surface area (TPSA) is 75.7 Å². The van der Waals surface area contributed by atoms with E-state index in [1.165, 1.54) is 11.8 Å². The van der Waals surface area contributed by atoms with Crippen molar-refractivity contribution >= 4 is 45.1 Å². The second-order valence-electron chi connectivity index (χ2n) is 7.10. The Hall–Kier alpha value is -2.62. The van der Waals surface area contributed by atoms with E-state index >= 15 is 0 Å². The molecule has 0 aliphatic carbocycles. The summed E-state index contributed by atoms with van der Waals surface area (Å²) in [6.45, 7) is 2.26. The average Bonchev–Trinajstić information content (AvgIpc) is 2.86. The lowest BCUT2D eigenvalue weighted by Crippen LogP contribution is -2.41. The average molecular weight is 517 g/mol. The highest BCUT2D eigenvalue weighted by Gasteiger charge is 2.29. The van der Waals surface area contributed by atoms with Gasteiger partial charge in [0.2, 0.25) is 5.91 Å². The highest BCUT2D eigenvalue weighted by Crippen LogP contribution is 2.32. The largest absolute Gasteiger partial charge is 0.492 e. The summed E-state index contributed by atoms with van der Waals surface area (Å²) in [5.74, 6) is 0.694. The maximum Gasteiger partial charge on any atom is 0.264 e. The van der Waals surface area contributed by atoms with Gasteiger partial charge >= 0.3 is 0 Å². The third kappa shape index (κ3) is 6.94. The van der Waals surface area contributed by atoms with Crippen LogP contribution in [0.2, 0.25) is 0 Å². The molecule has 0 radical (unpaired) electrons. The van der Waals surface area contributed by atoms with Gasteiger partial charge in [-0.1, -0.05) is 30.3 Å². The van der Waals surface area contributed by atoms with E-state index in [1.54, 1.807) is 60.3 Å². The van der Waals surface area contributed by atoms with Crippen LogP contribution in [0.15, 0.2) is 93.5 Å². The summed E-state index contributed by atoms with van der Waals surface area (Å²) in [5.41, 5.74) is 0.326. The molecule has 0 spiro atoms. The molecule has 0 atom stereocenters. The number of nitrogens with zero attached hydrogens (tertiary/aromatic N) is 1. The first kappa shape index (κ1) is 26.0. The fourth-order valence-electron chi connectivity index (χ4n) is 3.18. The van der Waals surface area contributed by atoms with Gasteiger partial charge < -0.3 is 10.1 Å². The van der Waals surface area contributed by atoms with Crippen LogP contribution in [-0.2, 0) is 14.8 Å². The van der Waals surface area contributed by atoms with Crippen LogP contribution in [-0.4, -0.2) is 46.0 Å². The third-order valence-corrected chi connectivity index (χ3v) is 8.34. The van der Waals surface area contributed by atoms with Crippen molar-refractivity contribution in [3.63, 3.8) is 0 Å². The Balaban J connectivity index is 1.79. The van der Waals surface area contributed by atoms with E-state index in [1.807, 2.05) is 43.5 Å². The van der Waals surface area contributed by atoms with E-state index in [9.17, 15) is 13.2 Å². The van der Waals surface area contributed by atoms with Crippen LogP contribution < -0.4 is 14.4 Å². The summed E-state index contributed by atoms with van der Waals surface area (Å²) < 4.78 is 34.0. The number of nitrogens with one attached hydrogen (secondary N) is 1. The Kier molecular flexibility index (Phi) is 9.74. The lowest BCUT2D eigenvalue weighted by Gasteiger charge is -2.26. The molecule has 0 bridgehead atoms. The Labute approximate surface area is 210 Å². The molecule has 1 N–H and O–H groups in total. The molecule has 180 valence electrons. The van der Waals surface area contributed by atoms with Crippen LogP contribution in [0.1, 0.15) is 6.92 Å². The Morgan fingerprint density at radius 2 is 1.62 bits per heavy atom. The number of thioether (sulfide) groups is 2. The normalized spacial score (nSPS) is 11.1. The summed E-state index contributed by atoms with van der Waals surface area (Å²) in [6, 6.07) is 23.4. The van der Waals surface area contributed by atoms with Crippen molar-refractivity contribution in [2.24, 2.45) is 0 Å². The smallest absolute Gasteiger partial charge is 0.264 e. The van der Waals surface area contributed by atoms with Gasteiger partial charge in [-0.2, -0.15) is 0 Å². The van der Waals surface area contributed by atoms with Crippen LogP contribution in [0.25, 0.3) is 0 Å². The Morgan fingerprint density at radius 3 is 2.29 bits per heavy atom. The van der Waals surface area contributed by atoms with Gasteiger partial charge in [0.1, 0.15) is 12.3 Å². The maximum atomic E-state index is 13.6. The number of sulfonamides is 1. The van der Waals surface area contributed by atoms with Crippen molar-refractivity contribution in [1.82, 2.24) is 5.32 Å². The minimum absolute atomic E-state index is 0.115. The number of para-hydroxylation sites is 2. The lowest BCUT2D eigenvalue weighted by molar-refractivity contribution is -0.119. The van der Waals surface area contributed by atoms with Crippen LogP contribution in [0, 0.1) is 0 Å². The quantitative estimate of drug-likeness (QED) is 0.272. The first-order valence-corrected chi connectivity index (χ1v) is 14.4. The molecular formula is C25H28N2O4S3. The van der Waals surface area contributed by atoms with Crippen molar-refractivity contribution in [2.75, 3.05) is 36.0 Å². The molecule has 6 nitrogen and oxygen atoms in total. The van der Waals surface area contributed by atoms with Crippen LogP contribution in [0.5, 0.6) is 5.75 Å². The van der Waals surface area contributed by atoms with Gasteiger partial charge in [-0.3, -0.25) is 9.10 Å². The second kappa shape index (κ2) is 12.7. The zero-order chi connectivity index (χ0) is 24.4. The number of carbonyl (C=O) groups excluding carboxylic acids is 1. The zero-order valence-corrected chi connectivity index (χ0v) is 21.6. The van der Waals surface area contributed by atoms with E-state index in [-0.39, 0.29) is 17.3 Å². The molecule has 1 amide bonds. The number of rotatable bonds is 12. The number of carbonyl (C=O) groups is 1. The number of benzene rings is 3. The number of hydrogen-bond acceptors (Lipinski definition) is 6. The minimum atomic E-state index is -4.01. The first-order valence-electron chi connectivity index (χ1n) is 10.8. The molecule has 0 aliphatic heterocycles. The SMILES string of the molecule is CCOc1ccccc1N(CC(=O)NCCSc1ccccc1)S(=O)(=O)c1ccc(SC)cc1. The van der Waals surface area contributed by atoms with Crippen molar-refractivity contribution in [3.8, 4) is 5.75 Å². The molecule has 3 rings (SSSR count). The maximum absolute atomic E-state index is 13.6. The van der Waals surface area contributed by atoms with Crippen molar-refractivity contribution < 1.29 is 17.9 Å². The van der Waals surface area contributed by atoms with E-state index in [0.29, 0.717) is 30.3 Å². The summed E-state index contributed by atoms with van der Waals surface area (Å²) in [4.78, 5) is 15.0. The molecule has 3 aromatic rings. The Bertz CT molecular complexity index is 1170.